The molecule has 2 rings (SSSR count). The van der Waals surface area contributed by atoms with Crippen LogP contribution in [0.25, 0.3) is 0 Å². The standard InChI is InChI=1S/C14H11ClN2S/c15-12-4-2-1-3-11(12)9-18-14-7-10(8-16)5-6-13(14)17/h1-7H,9,17H2. The maximum absolute atomic E-state index is 8.86. The van der Waals surface area contributed by atoms with Crippen molar-refractivity contribution in [3.8, 4) is 6.07 Å². The number of benzene rings is 2. The molecule has 0 radical (unpaired) electrons. The predicted molar refractivity (Wildman–Crippen MR) is 76.6 cm³/mol. The fourth-order valence-corrected chi connectivity index (χ4v) is 2.79. The molecular formula is C14H11ClN2S. The summed E-state index contributed by atoms with van der Waals surface area (Å²) in [6, 6.07) is 15.1. The summed E-state index contributed by atoms with van der Waals surface area (Å²) in [5.74, 6) is 0.735. The minimum absolute atomic E-state index is 0.617. The van der Waals surface area contributed by atoms with Gasteiger partial charge in [0.2, 0.25) is 0 Å². The molecule has 2 aromatic carbocycles. The molecule has 0 atom stereocenters. The molecule has 0 aliphatic heterocycles. The molecule has 0 saturated heterocycles. The summed E-state index contributed by atoms with van der Waals surface area (Å²) in [5, 5.41) is 9.61. The molecule has 2 nitrogen and oxygen atoms in total. The summed E-state index contributed by atoms with van der Waals surface area (Å²) in [6.45, 7) is 0. The summed E-state index contributed by atoms with van der Waals surface area (Å²) in [5.41, 5.74) is 8.25. The van der Waals surface area contributed by atoms with E-state index >= 15 is 0 Å². The Kier molecular flexibility index (Phi) is 4.14. The molecule has 0 fully saturated rings. The normalized spacial score (nSPS) is 10.0. The molecule has 4 heteroatoms. The Morgan fingerprint density at radius 2 is 2.00 bits per heavy atom. The summed E-state index contributed by atoms with van der Waals surface area (Å²) in [6.07, 6.45) is 0. The summed E-state index contributed by atoms with van der Waals surface area (Å²) >= 11 is 7.68. The van der Waals surface area contributed by atoms with Gasteiger partial charge in [-0.25, -0.2) is 0 Å². The second-order valence-corrected chi connectivity index (χ2v) is 5.17. The number of hydrogen-bond acceptors (Lipinski definition) is 3. The highest BCUT2D eigenvalue weighted by Crippen LogP contribution is 2.30. The van der Waals surface area contributed by atoms with Gasteiger partial charge in [-0.2, -0.15) is 5.26 Å². The number of nitrogens with two attached hydrogens (primary N) is 1. The minimum Gasteiger partial charge on any atom is -0.398 e. The highest BCUT2D eigenvalue weighted by molar-refractivity contribution is 7.98. The SMILES string of the molecule is N#Cc1ccc(N)c(SCc2ccccc2Cl)c1. The summed E-state index contributed by atoms with van der Waals surface area (Å²) in [7, 11) is 0. The highest BCUT2D eigenvalue weighted by Gasteiger charge is 2.04. The van der Waals surface area contributed by atoms with Gasteiger partial charge in [0.05, 0.1) is 11.6 Å². The number of hydrogen-bond donors (Lipinski definition) is 1. The summed E-state index contributed by atoms with van der Waals surface area (Å²) < 4.78 is 0. The lowest BCUT2D eigenvalue weighted by Gasteiger charge is -2.07. The van der Waals surface area contributed by atoms with Gasteiger partial charge in [-0.1, -0.05) is 29.8 Å². The highest BCUT2D eigenvalue weighted by atomic mass is 35.5. The maximum Gasteiger partial charge on any atom is 0.0992 e. The molecule has 0 bridgehead atoms. The second-order valence-electron chi connectivity index (χ2n) is 3.74. The van der Waals surface area contributed by atoms with E-state index < -0.39 is 0 Å². The van der Waals surface area contributed by atoms with E-state index in [4.69, 9.17) is 22.6 Å². The van der Waals surface area contributed by atoms with Crippen LogP contribution in [0.15, 0.2) is 47.4 Å². The first kappa shape index (κ1) is 12.8. The molecule has 90 valence electrons. The Hall–Kier alpha value is -1.63. The van der Waals surface area contributed by atoms with Crippen molar-refractivity contribution < 1.29 is 0 Å². The van der Waals surface area contributed by atoms with Gasteiger partial charge < -0.3 is 5.73 Å². The molecule has 2 N–H and O–H groups in total. The minimum atomic E-state index is 0.617. The zero-order valence-electron chi connectivity index (χ0n) is 9.56. The number of thioether (sulfide) groups is 1. The van der Waals surface area contributed by atoms with E-state index in [1.165, 1.54) is 0 Å². The zero-order chi connectivity index (χ0) is 13.0. The van der Waals surface area contributed by atoms with Crippen LogP contribution in [0.5, 0.6) is 0 Å². The fourth-order valence-electron chi connectivity index (χ4n) is 1.50. The molecule has 18 heavy (non-hydrogen) atoms. The van der Waals surface area contributed by atoms with Crippen molar-refractivity contribution in [2.75, 3.05) is 5.73 Å². The maximum atomic E-state index is 8.86. The third-order valence-electron chi connectivity index (χ3n) is 2.48. The molecule has 2 aromatic rings. The monoisotopic (exact) mass is 274 g/mol. The van der Waals surface area contributed by atoms with Crippen LogP contribution >= 0.6 is 23.4 Å². The van der Waals surface area contributed by atoms with E-state index in [1.54, 1.807) is 30.0 Å². The second kappa shape index (κ2) is 5.81. The van der Waals surface area contributed by atoms with E-state index in [0.717, 1.165) is 21.2 Å². The number of nitrogens with zero attached hydrogens (tertiary/aromatic N) is 1. The van der Waals surface area contributed by atoms with Crippen molar-refractivity contribution in [1.29, 1.82) is 5.26 Å². The van der Waals surface area contributed by atoms with Crippen LogP contribution < -0.4 is 5.73 Å². The lowest BCUT2D eigenvalue weighted by atomic mass is 10.2. The van der Waals surface area contributed by atoms with Crippen molar-refractivity contribution in [3.05, 3.63) is 58.6 Å². The first-order valence-corrected chi connectivity index (χ1v) is 6.73. The van der Waals surface area contributed by atoms with Crippen LogP contribution in [0.4, 0.5) is 5.69 Å². The number of rotatable bonds is 3. The van der Waals surface area contributed by atoms with E-state index in [2.05, 4.69) is 6.07 Å². The van der Waals surface area contributed by atoms with Crippen LogP contribution in [0.3, 0.4) is 0 Å². The van der Waals surface area contributed by atoms with Crippen LogP contribution in [0, 0.1) is 11.3 Å². The molecule has 0 heterocycles. The van der Waals surface area contributed by atoms with Crippen LogP contribution in [0.2, 0.25) is 5.02 Å². The number of nitrogen functional groups attached to an aromatic ring is 1. The largest absolute Gasteiger partial charge is 0.398 e. The third-order valence-corrected chi connectivity index (χ3v) is 3.97. The smallest absolute Gasteiger partial charge is 0.0992 e. The molecule has 0 aromatic heterocycles. The van der Waals surface area contributed by atoms with Gasteiger partial charge in [-0.15, -0.1) is 11.8 Å². The molecule has 0 spiro atoms. The Balaban J connectivity index is 2.16. The van der Waals surface area contributed by atoms with Crippen LogP contribution in [0.1, 0.15) is 11.1 Å². The first-order valence-electron chi connectivity index (χ1n) is 5.36. The number of nitriles is 1. The van der Waals surface area contributed by atoms with Gasteiger partial charge in [0.25, 0.3) is 0 Å². The van der Waals surface area contributed by atoms with Gasteiger partial charge in [0.15, 0.2) is 0 Å². The average Bonchev–Trinajstić information content (AvgIpc) is 2.39. The Labute approximate surface area is 115 Å². The quantitative estimate of drug-likeness (QED) is 0.677. The van der Waals surface area contributed by atoms with Crippen molar-refractivity contribution in [3.63, 3.8) is 0 Å². The average molecular weight is 275 g/mol. The lowest BCUT2D eigenvalue weighted by Crippen LogP contribution is -1.90. The van der Waals surface area contributed by atoms with Crippen molar-refractivity contribution in [2.24, 2.45) is 0 Å². The fraction of sp³-hybridized carbons (Fsp3) is 0.0714. The molecule has 0 aliphatic carbocycles. The predicted octanol–water partition coefficient (Wildman–Crippen LogP) is 4.09. The topological polar surface area (TPSA) is 49.8 Å². The van der Waals surface area contributed by atoms with Gasteiger partial charge in [-0.05, 0) is 29.8 Å². The Morgan fingerprint density at radius 1 is 1.22 bits per heavy atom. The molecule has 0 aliphatic rings. The third kappa shape index (κ3) is 2.98. The molecule has 0 amide bonds. The Bertz CT molecular complexity index is 605. The molecule has 0 unspecified atom stereocenters. The van der Waals surface area contributed by atoms with Gasteiger partial charge >= 0.3 is 0 Å². The summed E-state index contributed by atoms with van der Waals surface area (Å²) in [4.78, 5) is 0.911. The van der Waals surface area contributed by atoms with Crippen molar-refractivity contribution in [1.82, 2.24) is 0 Å². The van der Waals surface area contributed by atoms with Crippen LogP contribution in [-0.4, -0.2) is 0 Å². The Morgan fingerprint density at radius 3 is 2.72 bits per heavy atom. The number of anilines is 1. The van der Waals surface area contributed by atoms with E-state index in [-0.39, 0.29) is 0 Å². The van der Waals surface area contributed by atoms with E-state index in [0.29, 0.717) is 11.3 Å². The van der Waals surface area contributed by atoms with Gasteiger partial charge in [0, 0.05) is 21.4 Å². The van der Waals surface area contributed by atoms with E-state index in [9.17, 15) is 0 Å². The van der Waals surface area contributed by atoms with Crippen molar-refractivity contribution in [2.45, 2.75) is 10.6 Å². The number of halogens is 1. The van der Waals surface area contributed by atoms with Crippen molar-refractivity contribution >= 4 is 29.1 Å². The first-order chi connectivity index (χ1) is 8.70. The molecule has 0 saturated carbocycles. The van der Waals surface area contributed by atoms with Gasteiger partial charge in [0.1, 0.15) is 0 Å². The lowest BCUT2D eigenvalue weighted by molar-refractivity contribution is 1.37. The van der Waals surface area contributed by atoms with E-state index in [1.807, 2.05) is 24.3 Å². The zero-order valence-corrected chi connectivity index (χ0v) is 11.1. The van der Waals surface area contributed by atoms with Crippen LogP contribution in [-0.2, 0) is 5.75 Å². The molecular weight excluding hydrogens is 264 g/mol. The van der Waals surface area contributed by atoms with Gasteiger partial charge in [-0.3, -0.25) is 0 Å².